The van der Waals surface area contributed by atoms with Crippen LogP contribution in [0, 0.1) is 0 Å². The molecule has 0 nitrogen and oxygen atoms in total. The highest BCUT2D eigenvalue weighted by molar-refractivity contribution is 7.00. The second kappa shape index (κ2) is 4.59. The number of hydrogen-bond acceptors (Lipinski definition) is 0. The van der Waals surface area contributed by atoms with Gasteiger partial charge in [-0.15, -0.1) is 0 Å². The second-order valence-electron chi connectivity index (χ2n) is 5.74. The van der Waals surface area contributed by atoms with E-state index in [1.165, 1.54) is 0 Å². The zero-order valence-electron chi connectivity index (χ0n) is 9.83. The van der Waals surface area contributed by atoms with E-state index >= 15 is 0 Å². The summed E-state index contributed by atoms with van der Waals surface area (Å²) in [4.78, 5) is 0. The fraction of sp³-hybridized carbons (Fsp3) is 1.00. The summed E-state index contributed by atoms with van der Waals surface area (Å²) in [7, 11) is -0.422. The Bertz CT molecular complexity index is 153. The topological polar surface area (TPSA) is 0 Å². The summed E-state index contributed by atoms with van der Waals surface area (Å²) in [5, 5.41) is 0. The third kappa shape index (κ3) is 4.27. The molecule has 0 bridgehead atoms. The highest BCUT2D eigenvalue weighted by Crippen LogP contribution is 2.26. The van der Waals surface area contributed by atoms with Gasteiger partial charge in [0.05, 0.1) is 0 Å². The van der Waals surface area contributed by atoms with E-state index in [4.69, 9.17) is 0 Å². The van der Waals surface area contributed by atoms with Crippen molar-refractivity contribution in [2.75, 3.05) is 0 Å². The normalized spacial score (nSPS) is 28.4. The van der Waals surface area contributed by atoms with Crippen molar-refractivity contribution in [3.05, 3.63) is 0 Å². The maximum absolute atomic E-state index is 2.64. The maximum Gasteiger partial charge on any atom is 0.0417 e. The van der Waals surface area contributed by atoms with Gasteiger partial charge in [-0.1, -0.05) is 55.4 Å². The first-order valence-corrected chi connectivity index (χ1v) is 16.0. The van der Waals surface area contributed by atoms with Crippen LogP contribution in [0.1, 0.15) is 0 Å². The molecule has 0 aromatic rings. The van der Waals surface area contributed by atoms with Gasteiger partial charge in [0, 0.05) is 34.5 Å². The maximum atomic E-state index is 2.64. The Balaban J connectivity index is 2.59. The molecule has 0 spiro atoms. The van der Waals surface area contributed by atoms with Crippen LogP contribution in [0.15, 0.2) is 0 Å². The molecule has 0 aliphatic carbocycles. The smallest absolute Gasteiger partial charge is 0.0417 e. The lowest BCUT2D eigenvalue weighted by atomic mass is 11.7. The van der Waals surface area contributed by atoms with Crippen molar-refractivity contribution in [1.82, 2.24) is 0 Å². The molecule has 0 aromatic carbocycles. The first-order valence-electron chi connectivity index (χ1n) is 5.33. The van der Waals surface area contributed by atoms with E-state index in [0.29, 0.717) is 0 Å². The van der Waals surface area contributed by atoms with E-state index in [1.54, 1.807) is 22.7 Å². The van der Waals surface area contributed by atoms with Crippen molar-refractivity contribution in [2.45, 2.75) is 55.4 Å². The highest BCUT2D eigenvalue weighted by Gasteiger charge is 2.31. The van der Waals surface area contributed by atoms with Crippen LogP contribution >= 0.6 is 0 Å². The van der Waals surface area contributed by atoms with E-state index in [0.717, 1.165) is 0 Å². The zero-order valence-corrected chi connectivity index (χ0v) is 13.8. The van der Waals surface area contributed by atoms with Gasteiger partial charge in [-0.2, -0.15) is 0 Å². The Morgan fingerprint density at radius 2 is 1.15 bits per heavy atom. The summed E-state index contributed by atoms with van der Waals surface area (Å²) in [5.74, 6) is 0. The fourth-order valence-electron chi connectivity index (χ4n) is 2.91. The molecule has 13 heavy (non-hydrogen) atoms. The molecule has 1 heterocycles. The second-order valence-corrected chi connectivity index (χ2v) is 21.5. The minimum atomic E-state index is -0.722. The van der Waals surface area contributed by atoms with Crippen molar-refractivity contribution >= 4 is 34.5 Å². The van der Waals surface area contributed by atoms with Gasteiger partial charge in [-0.3, -0.25) is 0 Å². The van der Waals surface area contributed by atoms with Gasteiger partial charge in [-0.25, -0.2) is 0 Å². The van der Waals surface area contributed by atoms with E-state index in [-0.39, 0.29) is 26.4 Å². The predicted octanol–water partition coefficient (Wildman–Crippen LogP) is 3.24. The standard InChI is InChI=1S/C9H23Si4/c1-10-6-11(2)8-13(4,5)9-12(3)7-10/h6-9H2,1-5H3. The summed E-state index contributed by atoms with van der Waals surface area (Å²) < 4.78 is 0. The summed E-state index contributed by atoms with van der Waals surface area (Å²) in [6.45, 7) is 13.1. The highest BCUT2D eigenvalue weighted by atomic mass is 28.4. The Morgan fingerprint density at radius 1 is 0.769 bits per heavy atom. The minimum absolute atomic E-state index is 0.0931. The Hall–Kier alpha value is 0.868. The molecule has 0 aromatic heterocycles. The molecule has 0 amide bonds. The summed E-state index contributed by atoms with van der Waals surface area (Å²) in [5.41, 5.74) is 6.82. The lowest BCUT2D eigenvalue weighted by Crippen LogP contribution is -2.41. The molecule has 1 saturated heterocycles. The quantitative estimate of drug-likeness (QED) is 0.573. The first kappa shape index (κ1) is 11.9. The molecular weight excluding hydrogens is 220 g/mol. The van der Waals surface area contributed by atoms with Gasteiger partial charge < -0.3 is 0 Å². The Labute approximate surface area is 90.0 Å². The first-order chi connectivity index (χ1) is 5.89. The van der Waals surface area contributed by atoms with Gasteiger partial charge in [0.25, 0.3) is 0 Å². The Kier molecular flexibility index (Phi) is 4.22. The van der Waals surface area contributed by atoms with E-state index in [1.807, 2.05) is 0 Å². The van der Waals surface area contributed by atoms with Gasteiger partial charge in [0.15, 0.2) is 0 Å². The molecule has 4 heteroatoms. The van der Waals surface area contributed by atoms with Crippen molar-refractivity contribution in [2.24, 2.45) is 0 Å². The molecule has 1 aliphatic heterocycles. The zero-order chi connectivity index (χ0) is 10.1. The van der Waals surface area contributed by atoms with Gasteiger partial charge in [0.2, 0.25) is 0 Å². The van der Waals surface area contributed by atoms with Crippen LogP contribution in [-0.4, -0.2) is 34.5 Å². The van der Waals surface area contributed by atoms with Crippen LogP contribution in [0.3, 0.4) is 0 Å². The molecule has 0 unspecified atom stereocenters. The SMILES string of the molecule is C[Si]1C[Si](C)C[Si](C)(C)C[Si](C)C1. The summed E-state index contributed by atoms with van der Waals surface area (Å²) >= 11 is 0. The molecule has 0 atom stereocenters. The van der Waals surface area contributed by atoms with E-state index < -0.39 is 8.07 Å². The van der Waals surface area contributed by atoms with Crippen molar-refractivity contribution < 1.29 is 0 Å². The lowest BCUT2D eigenvalue weighted by molar-refractivity contribution is 1.45. The molecule has 75 valence electrons. The van der Waals surface area contributed by atoms with Crippen LogP contribution in [0.2, 0.25) is 55.4 Å². The molecular formula is C9H23Si4. The van der Waals surface area contributed by atoms with Crippen LogP contribution in [-0.2, 0) is 0 Å². The largest absolute Gasteiger partial charge is 0.0715 e. The van der Waals surface area contributed by atoms with Gasteiger partial charge in [-0.05, 0) is 0 Å². The van der Waals surface area contributed by atoms with Gasteiger partial charge in [0.1, 0.15) is 0 Å². The molecule has 1 fully saturated rings. The minimum Gasteiger partial charge on any atom is -0.0715 e. The van der Waals surface area contributed by atoms with Crippen LogP contribution in [0.5, 0.6) is 0 Å². The average Bonchev–Trinajstić information content (AvgIpc) is 1.78. The van der Waals surface area contributed by atoms with Crippen molar-refractivity contribution in [1.29, 1.82) is 0 Å². The molecule has 1 rings (SSSR count). The lowest BCUT2D eigenvalue weighted by Gasteiger charge is -2.32. The Morgan fingerprint density at radius 3 is 1.54 bits per heavy atom. The number of rotatable bonds is 0. The average molecular weight is 244 g/mol. The van der Waals surface area contributed by atoms with E-state index in [9.17, 15) is 0 Å². The summed E-state index contributed by atoms with van der Waals surface area (Å²) in [6, 6.07) is 0. The molecule has 0 saturated carbocycles. The third-order valence-electron chi connectivity index (χ3n) is 2.77. The molecule has 0 N–H and O–H groups in total. The van der Waals surface area contributed by atoms with Crippen molar-refractivity contribution in [3.63, 3.8) is 0 Å². The van der Waals surface area contributed by atoms with Crippen LogP contribution < -0.4 is 0 Å². The fourth-order valence-corrected chi connectivity index (χ4v) is 30.7. The van der Waals surface area contributed by atoms with E-state index in [2.05, 4.69) is 32.7 Å². The molecule has 3 radical (unpaired) electrons. The third-order valence-corrected chi connectivity index (χ3v) is 24.9. The van der Waals surface area contributed by atoms with Crippen LogP contribution in [0.4, 0.5) is 0 Å². The van der Waals surface area contributed by atoms with Crippen molar-refractivity contribution in [3.8, 4) is 0 Å². The molecule has 1 aliphatic rings. The van der Waals surface area contributed by atoms with Crippen LogP contribution in [0.25, 0.3) is 0 Å². The van der Waals surface area contributed by atoms with Gasteiger partial charge >= 0.3 is 0 Å². The number of hydrogen-bond donors (Lipinski definition) is 0. The summed E-state index contributed by atoms with van der Waals surface area (Å²) in [6.07, 6.45) is 0. The monoisotopic (exact) mass is 243 g/mol. The predicted molar refractivity (Wildman–Crippen MR) is 71.6 cm³/mol.